The van der Waals surface area contributed by atoms with E-state index < -0.39 is 10.0 Å². The molecular formula is C20H23ClFN3O3S. The molecule has 1 heterocycles. The third-order valence-electron chi connectivity index (χ3n) is 4.95. The van der Waals surface area contributed by atoms with Crippen LogP contribution in [-0.2, 0) is 14.8 Å². The number of nitrogens with zero attached hydrogens (tertiary/aromatic N) is 3. The van der Waals surface area contributed by atoms with Crippen molar-refractivity contribution >= 4 is 38.9 Å². The molecular weight excluding hydrogens is 417 g/mol. The van der Waals surface area contributed by atoms with E-state index in [-0.39, 0.29) is 18.3 Å². The lowest BCUT2D eigenvalue weighted by Crippen LogP contribution is -2.52. The van der Waals surface area contributed by atoms with Gasteiger partial charge in [-0.1, -0.05) is 17.7 Å². The number of carbonyl (C=O) groups is 1. The number of rotatable bonds is 5. The van der Waals surface area contributed by atoms with Gasteiger partial charge in [0, 0.05) is 36.9 Å². The number of benzene rings is 2. The fourth-order valence-electron chi connectivity index (χ4n) is 3.23. The molecule has 0 spiro atoms. The van der Waals surface area contributed by atoms with Gasteiger partial charge in [-0.15, -0.1) is 0 Å². The van der Waals surface area contributed by atoms with Crippen LogP contribution in [0.1, 0.15) is 5.56 Å². The minimum Gasteiger partial charge on any atom is -0.368 e. The Kier molecular flexibility index (Phi) is 6.33. The zero-order chi connectivity index (χ0) is 21.2. The van der Waals surface area contributed by atoms with Gasteiger partial charge in [0.25, 0.3) is 0 Å². The van der Waals surface area contributed by atoms with Gasteiger partial charge in [0.15, 0.2) is 0 Å². The van der Waals surface area contributed by atoms with Crippen LogP contribution in [0.3, 0.4) is 0 Å². The molecule has 1 fully saturated rings. The Morgan fingerprint density at radius 2 is 1.72 bits per heavy atom. The van der Waals surface area contributed by atoms with Gasteiger partial charge in [-0.3, -0.25) is 9.10 Å². The molecule has 1 aliphatic heterocycles. The predicted octanol–water partition coefficient (Wildman–Crippen LogP) is 2.90. The summed E-state index contributed by atoms with van der Waals surface area (Å²) in [6.45, 7) is 3.64. The molecule has 156 valence electrons. The topological polar surface area (TPSA) is 60.9 Å². The summed E-state index contributed by atoms with van der Waals surface area (Å²) in [7, 11) is -3.66. The molecule has 0 bridgehead atoms. The van der Waals surface area contributed by atoms with Crippen molar-refractivity contribution in [1.29, 1.82) is 0 Å². The maximum atomic E-state index is 13.1. The molecule has 1 amide bonds. The molecule has 6 nitrogen and oxygen atoms in total. The first kappa shape index (κ1) is 21.4. The minimum atomic E-state index is -3.66. The first-order chi connectivity index (χ1) is 13.6. The van der Waals surface area contributed by atoms with Crippen molar-refractivity contribution in [3.05, 3.63) is 58.9 Å². The number of aryl methyl sites for hydroxylation is 1. The molecule has 0 aromatic heterocycles. The van der Waals surface area contributed by atoms with E-state index in [1.165, 1.54) is 12.1 Å². The van der Waals surface area contributed by atoms with Gasteiger partial charge < -0.3 is 9.80 Å². The number of anilines is 2. The number of carbonyl (C=O) groups excluding carboxylic acids is 1. The second kappa shape index (κ2) is 8.59. The zero-order valence-corrected chi connectivity index (χ0v) is 17.9. The van der Waals surface area contributed by atoms with Crippen molar-refractivity contribution in [2.75, 3.05) is 48.2 Å². The van der Waals surface area contributed by atoms with Crippen molar-refractivity contribution in [2.24, 2.45) is 0 Å². The number of piperazine rings is 1. The Bertz CT molecular complexity index is 991. The molecule has 1 aliphatic rings. The van der Waals surface area contributed by atoms with Crippen LogP contribution >= 0.6 is 11.6 Å². The lowest BCUT2D eigenvalue weighted by Gasteiger charge is -2.37. The molecule has 0 atom stereocenters. The van der Waals surface area contributed by atoms with Gasteiger partial charge >= 0.3 is 0 Å². The Hall–Kier alpha value is -2.32. The quantitative estimate of drug-likeness (QED) is 0.718. The van der Waals surface area contributed by atoms with E-state index in [0.29, 0.717) is 36.9 Å². The van der Waals surface area contributed by atoms with Gasteiger partial charge in [-0.2, -0.15) is 0 Å². The molecule has 0 aliphatic carbocycles. The summed E-state index contributed by atoms with van der Waals surface area (Å²) in [5.74, 6) is -0.564. The predicted molar refractivity (Wildman–Crippen MR) is 114 cm³/mol. The molecule has 0 saturated carbocycles. The molecule has 2 aromatic carbocycles. The largest absolute Gasteiger partial charge is 0.368 e. The summed E-state index contributed by atoms with van der Waals surface area (Å²) in [4.78, 5) is 16.5. The fraction of sp³-hybridized carbons (Fsp3) is 0.350. The number of halogens is 2. The van der Waals surface area contributed by atoms with E-state index in [1.807, 2.05) is 6.92 Å². The van der Waals surface area contributed by atoms with Gasteiger partial charge in [-0.05, 0) is 48.9 Å². The van der Waals surface area contributed by atoms with Gasteiger partial charge in [-0.25, -0.2) is 12.8 Å². The Morgan fingerprint density at radius 1 is 1.10 bits per heavy atom. The van der Waals surface area contributed by atoms with E-state index in [1.54, 1.807) is 35.2 Å². The molecule has 1 saturated heterocycles. The van der Waals surface area contributed by atoms with Gasteiger partial charge in [0.05, 0.1) is 11.9 Å². The Morgan fingerprint density at radius 3 is 2.28 bits per heavy atom. The normalized spacial score (nSPS) is 14.8. The average Bonchev–Trinajstić information content (AvgIpc) is 2.68. The van der Waals surface area contributed by atoms with Crippen molar-refractivity contribution in [3.63, 3.8) is 0 Å². The monoisotopic (exact) mass is 439 g/mol. The van der Waals surface area contributed by atoms with Crippen LogP contribution in [-0.4, -0.2) is 58.2 Å². The first-order valence-electron chi connectivity index (χ1n) is 9.17. The Balaban J connectivity index is 1.67. The number of sulfonamides is 1. The molecule has 9 heteroatoms. The fourth-order valence-corrected chi connectivity index (χ4v) is 4.24. The van der Waals surface area contributed by atoms with Crippen molar-refractivity contribution in [1.82, 2.24) is 4.90 Å². The van der Waals surface area contributed by atoms with E-state index in [0.717, 1.165) is 21.8 Å². The first-order valence-corrected chi connectivity index (χ1v) is 11.4. The van der Waals surface area contributed by atoms with Gasteiger partial charge in [0.2, 0.25) is 15.9 Å². The van der Waals surface area contributed by atoms with Crippen molar-refractivity contribution in [3.8, 4) is 0 Å². The number of amides is 1. The van der Waals surface area contributed by atoms with Crippen LogP contribution in [0, 0.1) is 12.7 Å². The molecule has 2 aromatic rings. The second-order valence-electron chi connectivity index (χ2n) is 7.05. The second-order valence-corrected chi connectivity index (χ2v) is 9.36. The summed E-state index contributed by atoms with van der Waals surface area (Å²) in [6, 6.07) is 11.1. The SMILES string of the molecule is Cc1ccc(N(CC(=O)N2CCN(c3ccc(F)cc3)CC2)S(C)(=O)=O)cc1Cl. The standard InChI is InChI=1S/C20H23ClFN3O3S/c1-15-3-6-18(13-19(15)21)25(29(2,27)28)14-20(26)24-11-9-23(10-12-24)17-7-4-16(22)5-8-17/h3-8,13H,9-12,14H2,1-2H3. The zero-order valence-electron chi connectivity index (χ0n) is 16.3. The van der Waals surface area contributed by atoms with Crippen molar-refractivity contribution in [2.45, 2.75) is 6.92 Å². The van der Waals surface area contributed by atoms with E-state index in [4.69, 9.17) is 11.6 Å². The van der Waals surface area contributed by atoms with Crippen LogP contribution in [0.2, 0.25) is 5.02 Å². The molecule has 3 rings (SSSR count). The van der Waals surface area contributed by atoms with Crippen LogP contribution in [0.5, 0.6) is 0 Å². The minimum absolute atomic E-state index is 0.272. The molecule has 0 N–H and O–H groups in total. The van der Waals surface area contributed by atoms with E-state index in [2.05, 4.69) is 4.90 Å². The molecule has 0 unspecified atom stereocenters. The maximum absolute atomic E-state index is 13.1. The number of hydrogen-bond donors (Lipinski definition) is 0. The van der Waals surface area contributed by atoms with Crippen LogP contribution in [0.4, 0.5) is 15.8 Å². The third kappa shape index (κ3) is 5.19. The number of hydrogen-bond acceptors (Lipinski definition) is 4. The summed E-state index contributed by atoms with van der Waals surface area (Å²) in [6.07, 6.45) is 1.07. The molecule has 29 heavy (non-hydrogen) atoms. The van der Waals surface area contributed by atoms with E-state index in [9.17, 15) is 17.6 Å². The summed E-state index contributed by atoms with van der Waals surface area (Å²) in [5.41, 5.74) is 2.08. The summed E-state index contributed by atoms with van der Waals surface area (Å²) >= 11 is 6.13. The molecule has 0 radical (unpaired) electrons. The highest BCUT2D eigenvalue weighted by Gasteiger charge is 2.27. The third-order valence-corrected chi connectivity index (χ3v) is 6.49. The smallest absolute Gasteiger partial charge is 0.243 e. The lowest BCUT2D eigenvalue weighted by atomic mass is 10.2. The highest BCUT2D eigenvalue weighted by atomic mass is 35.5. The van der Waals surface area contributed by atoms with Crippen LogP contribution in [0.25, 0.3) is 0 Å². The highest BCUT2D eigenvalue weighted by molar-refractivity contribution is 7.92. The lowest BCUT2D eigenvalue weighted by molar-refractivity contribution is -0.129. The van der Waals surface area contributed by atoms with E-state index >= 15 is 0 Å². The van der Waals surface area contributed by atoms with Crippen LogP contribution in [0.15, 0.2) is 42.5 Å². The van der Waals surface area contributed by atoms with Gasteiger partial charge in [0.1, 0.15) is 12.4 Å². The summed E-state index contributed by atoms with van der Waals surface area (Å²) in [5, 5.41) is 0.441. The van der Waals surface area contributed by atoms with Crippen LogP contribution < -0.4 is 9.21 Å². The maximum Gasteiger partial charge on any atom is 0.243 e. The highest BCUT2D eigenvalue weighted by Crippen LogP contribution is 2.25. The summed E-state index contributed by atoms with van der Waals surface area (Å²) < 4.78 is 38.7. The Labute approximate surface area is 175 Å². The average molecular weight is 440 g/mol. The van der Waals surface area contributed by atoms with Crippen molar-refractivity contribution < 1.29 is 17.6 Å².